The number of hydrogen-bond donors (Lipinski definition) is 2. The van der Waals surface area contributed by atoms with Crippen LogP contribution in [0.5, 0.6) is 0 Å². The molecule has 2 rings (SSSR count). The lowest BCUT2D eigenvalue weighted by Crippen LogP contribution is -2.43. The molecule has 158 valence electrons. The summed E-state index contributed by atoms with van der Waals surface area (Å²) in [4.78, 5) is 4.67. The van der Waals surface area contributed by atoms with Crippen molar-refractivity contribution in [2.24, 2.45) is 4.99 Å². The average molecular weight is 502 g/mol. The molecule has 2 heterocycles. The number of hydrogen-bond acceptors (Lipinski definition) is 4. The standard InChI is InChI=1S/C20H34N6O.HI/c1-4-6-7-8-10-17(3)24-20(22-15-18-11-9-14-27-18)21-12-13-26-16-23-25-19(26)5-2;/h9,11,14,16-17H,4-8,10,12-13,15H2,1-3H3,(H2,21,22,24);1H. The highest BCUT2D eigenvalue weighted by atomic mass is 127. The summed E-state index contributed by atoms with van der Waals surface area (Å²) in [6.07, 6.45) is 10.6. The molecule has 0 amide bonds. The lowest BCUT2D eigenvalue weighted by atomic mass is 10.1. The van der Waals surface area contributed by atoms with Crippen molar-refractivity contribution in [3.63, 3.8) is 0 Å². The number of aliphatic imine (C=N–C) groups is 1. The summed E-state index contributed by atoms with van der Waals surface area (Å²) in [7, 11) is 0. The number of nitrogens with zero attached hydrogens (tertiary/aromatic N) is 4. The molecule has 0 aliphatic carbocycles. The van der Waals surface area contributed by atoms with E-state index < -0.39 is 0 Å². The van der Waals surface area contributed by atoms with Crippen molar-refractivity contribution >= 4 is 29.9 Å². The number of rotatable bonds is 12. The zero-order valence-electron chi connectivity index (χ0n) is 17.4. The summed E-state index contributed by atoms with van der Waals surface area (Å²) < 4.78 is 7.47. The van der Waals surface area contributed by atoms with E-state index in [0.717, 1.165) is 43.5 Å². The minimum Gasteiger partial charge on any atom is -0.467 e. The molecule has 0 saturated heterocycles. The Balaban J connectivity index is 0.00000392. The molecular formula is C20H35IN6O. The van der Waals surface area contributed by atoms with Crippen LogP contribution in [0.15, 0.2) is 34.1 Å². The van der Waals surface area contributed by atoms with Crippen LogP contribution in [0.4, 0.5) is 0 Å². The van der Waals surface area contributed by atoms with Gasteiger partial charge in [0, 0.05) is 25.6 Å². The molecule has 2 N–H and O–H groups in total. The van der Waals surface area contributed by atoms with Crippen molar-refractivity contribution in [3.8, 4) is 0 Å². The van der Waals surface area contributed by atoms with E-state index in [1.54, 1.807) is 12.6 Å². The fourth-order valence-electron chi connectivity index (χ4n) is 2.93. The van der Waals surface area contributed by atoms with Crippen LogP contribution in [0, 0.1) is 0 Å². The fraction of sp³-hybridized carbons (Fsp3) is 0.650. The molecule has 0 bridgehead atoms. The topological polar surface area (TPSA) is 80.3 Å². The van der Waals surface area contributed by atoms with Crippen LogP contribution >= 0.6 is 24.0 Å². The smallest absolute Gasteiger partial charge is 0.191 e. The Morgan fingerprint density at radius 3 is 2.86 bits per heavy atom. The van der Waals surface area contributed by atoms with Gasteiger partial charge in [-0.15, -0.1) is 34.2 Å². The van der Waals surface area contributed by atoms with E-state index in [-0.39, 0.29) is 24.0 Å². The fourth-order valence-corrected chi connectivity index (χ4v) is 2.93. The lowest BCUT2D eigenvalue weighted by Gasteiger charge is -2.18. The highest BCUT2D eigenvalue weighted by Crippen LogP contribution is 2.06. The van der Waals surface area contributed by atoms with Crippen molar-refractivity contribution < 1.29 is 4.42 Å². The first-order chi connectivity index (χ1) is 13.2. The van der Waals surface area contributed by atoms with Gasteiger partial charge < -0.3 is 19.6 Å². The highest BCUT2D eigenvalue weighted by molar-refractivity contribution is 14.0. The first kappa shape index (κ1) is 24.5. The number of guanidine groups is 1. The molecule has 0 saturated carbocycles. The maximum atomic E-state index is 5.39. The van der Waals surface area contributed by atoms with Gasteiger partial charge in [-0.1, -0.05) is 39.5 Å². The maximum absolute atomic E-state index is 5.39. The second kappa shape index (κ2) is 14.4. The Hall–Kier alpha value is -1.58. The van der Waals surface area contributed by atoms with Gasteiger partial charge in [0.1, 0.15) is 24.5 Å². The molecule has 0 radical (unpaired) electrons. The molecule has 0 spiro atoms. The predicted octanol–water partition coefficient (Wildman–Crippen LogP) is 4.15. The van der Waals surface area contributed by atoms with E-state index in [4.69, 9.17) is 4.42 Å². The molecule has 0 aliphatic heterocycles. The summed E-state index contributed by atoms with van der Waals surface area (Å²) in [5.41, 5.74) is 0. The normalized spacial score (nSPS) is 12.5. The largest absolute Gasteiger partial charge is 0.467 e. The lowest BCUT2D eigenvalue weighted by molar-refractivity contribution is 0.508. The van der Waals surface area contributed by atoms with Gasteiger partial charge in [0.25, 0.3) is 0 Å². The second-order valence-corrected chi connectivity index (χ2v) is 6.86. The van der Waals surface area contributed by atoms with Crippen LogP contribution in [0.3, 0.4) is 0 Å². The third-order valence-electron chi connectivity index (χ3n) is 4.50. The van der Waals surface area contributed by atoms with Gasteiger partial charge >= 0.3 is 0 Å². The van der Waals surface area contributed by atoms with E-state index in [1.165, 1.54) is 25.7 Å². The molecular weight excluding hydrogens is 467 g/mol. The van der Waals surface area contributed by atoms with Crippen LogP contribution in [0.1, 0.15) is 64.5 Å². The third-order valence-corrected chi connectivity index (χ3v) is 4.50. The van der Waals surface area contributed by atoms with E-state index in [2.05, 4.69) is 51.2 Å². The van der Waals surface area contributed by atoms with Gasteiger partial charge in [-0.05, 0) is 25.5 Å². The molecule has 28 heavy (non-hydrogen) atoms. The van der Waals surface area contributed by atoms with E-state index in [1.807, 2.05) is 12.1 Å². The number of unbranched alkanes of at least 4 members (excludes halogenated alkanes) is 3. The number of nitrogens with one attached hydrogen (secondary N) is 2. The molecule has 8 heteroatoms. The minimum atomic E-state index is 0. The van der Waals surface area contributed by atoms with Crippen molar-refractivity contribution in [2.45, 2.75) is 78.4 Å². The number of aryl methyl sites for hydroxylation is 1. The minimum absolute atomic E-state index is 0. The Bertz CT molecular complexity index is 655. The van der Waals surface area contributed by atoms with Crippen molar-refractivity contribution in [1.29, 1.82) is 0 Å². The SMILES string of the molecule is CCCCCCC(C)NC(=NCc1ccco1)NCCn1cnnc1CC.I. The van der Waals surface area contributed by atoms with Crippen LogP contribution in [-0.4, -0.2) is 33.3 Å². The third kappa shape index (κ3) is 9.07. The van der Waals surface area contributed by atoms with Crippen LogP contribution in [0.25, 0.3) is 0 Å². The van der Waals surface area contributed by atoms with E-state index in [9.17, 15) is 0 Å². The van der Waals surface area contributed by atoms with Crippen LogP contribution in [-0.2, 0) is 19.5 Å². The Morgan fingerprint density at radius 2 is 2.14 bits per heavy atom. The van der Waals surface area contributed by atoms with Gasteiger partial charge in [0.05, 0.1) is 6.26 Å². The van der Waals surface area contributed by atoms with Gasteiger partial charge in [0.15, 0.2) is 5.96 Å². The molecule has 0 fully saturated rings. The molecule has 0 aromatic carbocycles. The van der Waals surface area contributed by atoms with Gasteiger partial charge in [-0.3, -0.25) is 0 Å². The van der Waals surface area contributed by atoms with Gasteiger partial charge in [-0.25, -0.2) is 4.99 Å². The molecule has 0 aliphatic rings. The summed E-state index contributed by atoms with van der Waals surface area (Å²) in [5, 5.41) is 15.1. The van der Waals surface area contributed by atoms with Crippen molar-refractivity contribution in [3.05, 3.63) is 36.3 Å². The van der Waals surface area contributed by atoms with Crippen LogP contribution < -0.4 is 10.6 Å². The molecule has 1 unspecified atom stereocenters. The zero-order chi connectivity index (χ0) is 19.3. The van der Waals surface area contributed by atoms with Crippen molar-refractivity contribution in [1.82, 2.24) is 25.4 Å². The summed E-state index contributed by atoms with van der Waals surface area (Å²) >= 11 is 0. The number of aromatic nitrogens is 3. The molecule has 2 aromatic rings. The number of halogens is 1. The van der Waals surface area contributed by atoms with Gasteiger partial charge in [0.2, 0.25) is 0 Å². The molecule has 2 aromatic heterocycles. The Kier molecular flexibility index (Phi) is 12.6. The highest BCUT2D eigenvalue weighted by Gasteiger charge is 2.07. The van der Waals surface area contributed by atoms with Crippen molar-refractivity contribution in [2.75, 3.05) is 6.54 Å². The maximum Gasteiger partial charge on any atom is 0.191 e. The van der Waals surface area contributed by atoms with E-state index in [0.29, 0.717) is 12.6 Å². The first-order valence-corrected chi connectivity index (χ1v) is 10.2. The quantitative estimate of drug-likeness (QED) is 0.197. The average Bonchev–Trinajstić information content (AvgIpc) is 3.34. The Morgan fingerprint density at radius 1 is 1.29 bits per heavy atom. The summed E-state index contributed by atoms with van der Waals surface area (Å²) in [5.74, 6) is 2.68. The predicted molar refractivity (Wildman–Crippen MR) is 124 cm³/mol. The van der Waals surface area contributed by atoms with E-state index >= 15 is 0 Å². The monoisotopic (exact) mass is 502 g/mol. The number of furan rings is 1. The van der Waals surface area contributed by atoms with Gasteiger partial charge in [-0.2, -0.15) is 0 Å². The Labute approximate surface area is 185 Å². The summed E-state index contributed by atoms with van der Waals surface area (Å²) in [6.45, 7) is 8.64. The first-order valence-electron chi connectivity index (χ1n) is 10.2. The second-order valence-electron chi connectivity index (χ2n) is 6.86. The molecule has 1 atom stereocenters. The zero-order valence-corrected chi connectivity index (χ0v) is 19.7. The molecule has 7 nitrogen and oxygen atoms in total. The summed E-state index contributed by atoms with van der Waals surface area (Å²) in [6, 6.07) is 4.21. The van der Waals surface area contributed by atoms with Crippen LogP contribution in [0.2, 0.25) is 0 Å².